The van der Waals surface area contributed by atoms with Crippen molar-refractivity contribution in [3.63, 3.8) is 0 Å². The molecule has 2 atom stereocenters. The van der Waals surface area contributed by atoms with Gasteiger partial charge in [0.15, 0.2) is 0 Å². The molecule has 11 heavy (non-hydrogen) atoms. The molecule has 1 fully saturated rings. The molecule has 0 aromatic rings. The van der Waals surface area contributed by atoms with E-state index < -0.39 is 0 Å². The van der Waals surface area contributed by atoms with Crippen LogP contribution in [0.1, 0.15) is 26.7 Å². The van der Waals surface area contributed by atoms with E-state index in [1.807, 2.05) is 0 Å². The van der Waals surface area contributed by atoms with Crippen molar-refractivity contribution < 1.29 is 9.47 Å². The average molecular weight is 158 g/mol. The summed E-state index contributed by atoms with van der Waals surface area (Å²) in [4.78, 5) is 0. The Hall–Kier alpha value is -0.0800. The zero-order valence-electron chi connectivity index (χ0n) is 7.89. The van der Waals surface area contributed by atoms with E-state index in [9.17, 15) is 0 Å². The minimum atomic E-state index is 0.301. The molecule has 1 aliphatic rings. The highest BCUT2D eigenvalue weighted by molar-refractivity contribution is 4.90. The van der Waals surface area contributed by atoms with E-state index >= 15 is 0 Å². The molecule has 0 bridgehead atoms. The zero-order chi connectivity index (χ0) is 8.48. The standard InChI is InChI=1S/C9H18O2/c1-9(2)5-7(10-3)8(6-9)11-4/h7-8H,5-6H2,1-4H3. The van der Waals surface area contributed by atoms with Gasteiger partial charge >= 0.3 is 0 Å². The number of methoxy groups -OCH3 is 2. The third kappa shape index (κ3) is 1.94. The summed E-state index contributed by atoms with van der Waals surface area (Å²) in [5.74, 6) is 0. The topological polar surface area (TPSA) is 18.5 Å². The normalized spacial score (nSPS) is 36.0. The van der Waals surface area contributed by atoms with Gasteiger partial charge in [-0.05, 0) is 18.3 Å². The third-order valence-corrected chi connectivity index (χ3v) is 2.53. The summed E-state index contributed by atoms with van der Waals surface area (Å²) in [6.07, 6.45) is 2.83. The summed E-state index contributed by atoms with van der Waals surface area (Å²) in [5, 5.41) is 0. The second kappa shape index (κ2) is 3.11. The summed E-state index contributed by atoms with van der Waals surface area (Å²) in [7, 11) is 3.52. The van der Waals surface area contributed by atoms with Gasteiger partial charge in [-0.3, -0.25) is 0 Å². The van der Waals surface area contributed by atoms with E-state index in [1.165, 1.54) is 0 Å². The minimum absolute atomic E-state index is 0.301. The van der Waals surface area contributed by atoms with Crippen molar-refractivity contribution in [2.45, 2.75) is 38.9 Å². The summed E-state index contributed by atoms with van der Waals surface area (Å²) < 4.78 is 10.7. The largest absolute Gasteiger partial charge is 0.379 e. The van der Waals surface area contributed by atoms with Crippen molar-refractivity contribution in [3.05, 3.63) is 0 Å². The summed E-state index contributed by atoms with van der Waals surface area (Å²) in [6, 6.07) is 0. The van der Waals surface area contributed by atoms with Crippen LogP contribution in [-0.4, -0.2) is 26.4 Å². The van der Waals surface area contributed by atoms with Gasteiger partial charge < -0.3 is 9.47 Å². The van der Waals surface area contributed by atoms with Gasteiger partial charge in [0.25, 0.3) is 0 Å². The van der Waals surface area contributed by atoms with Crippen molar-refractivity contribution in [1.82, 2.24) is 0 Å². The van der Waals surface area contributed by atoms with Crippen molar-refractivity contribution in [1.29, 1.82) is 0 Å². The van der Waals surface area contributed by atoms with E-state index in [0.717, 1.165) is 12.8 Å². The highest BCUT2D eigenvalue weighted by Gasteiger charge is 2.39. The molecule has 0 saturated heterocycles. The van der Waals surface area contributed by atoms with E-state index in [1.54, 1.807) is 14.2 Å². The molecule has 66 valence electrons. The quantitative estimate of drug-likeness (QED) is 0.610. The molecule has 0 N–H and O–H groups in total. The molecule has 1 saturated carbocycles. The minimum Gasteiger partial charge on any atom is -0.379 e. The molecule has 0 aromatic heterocycles. The highest BCUT2D eigenvalue weighted by Crippen LogP contribution is 2.39. The molecule has 2 heteroatoms. The van der Waals surface area contributed by atoms with E-state index in [-0.39, 0.29) is 0 Å². The van der Waals surface area contributed by atoms with Gasteiger partial charge in [-0.25, -0.2) is 0 Å². The van der Waals surface area contributed by atoms with Crippen molar-refractivity contribution in [2.24, 2.45) is 5.41 Å². The smallest absolute Gasteiger partial charge is 0.0838 e. The molecule has 2 unspecified atom stereocenters. The maximum absolute atomic E-state index is 5.33. The Labute approximate surface area is 68.9 Å². The van der Waals surface area contributed by atoms with Crippen LogP contribution in [0.2, 0.25) is 0 Å². The molecule has 0 radical (unpaired) electrons. The monoisotopic (exact) mass is 158 g/mol. The number of ether oxygens (including phenoxy) is 2. The SMILES string of the molecule is COC1CC(C)(C)CC1OC. The molecular weight excluding hydrogens is 140 g/mol. The lowest BCUT2D eigenvalue weighted by Gasteiger charge is -2.15. The van der Waals surface area contributed by atoms with Crippen LogP contribution < -0.4 is 0 Å². The summed E-state index contributed by atoms with van der Waals surface area (Å²) in [6.45, 7) is 4.52. The lowest BCUT2D eigenvalue weighted by Crippen LogP contribution is -2.23. The molecular formula is C9H18O2. The Balaban J connectivity index is 2.55. The predicted molar refractivity (Wildman–Crippen MR) is 44.6 cm³/mol. The lowest BCUT2D eigenvalue weighted by molar-refractivity contribution is -0.0157. The van der Waals surface area contributed by atoms with Crippen LogP contribution in [0.25, 0.3) is 0 Å². The maximum Gasteiger partial charge on any atom is 0.0838 e. The van der Waals surface area contributed by atoms with Crippen LogP contribution >= 0.6 is 0 Å². The second-order valence-corrected chi connectivity index (χ2v) is 4.12. The van der Waals surface area contributed by atoms with Crippen LogP contribution in [0.5, 0.6) is 0 Å². The fourth-order valence-electron chi connectivity index (χ4n) is 1.91. The van der Waals surface area contributed by atoms with Gasteiger partial charge in [-0.2, -0.15) is 0 Å². The predicted octanol–water partition coefficient (Wildman–Crippen LogP) is 1.84. The van der Waals surface area contributed by atoms with Gasteiger partial charge in [0, 0.05) is 14.2 Å². The Morgan fingerprint density at radius 1 is 1.00 bits per heavy atom. The molecule has 0 aliphatic heterocycles. The van der Waals surface area contributed by atoms with Crippen molar-refractivity contribution in [2.75, 3.05) is 14.2 Å². The Kier molecular flexibility index (Phi) is 2.55. The van der Waals surface area contributed by atoms with E-state index in [4.69, 9.17) is 9.47 Å². The van der Waals surface area contributed by atoms with Crippen molar-refractivity contribution >= 4 is 0 Å². The highest BCUT2D eigenvalue weighted by atomic mass is 16.5. The number of hydrogen-bond acceptors (Lipinski definition) is 2. The molecule has 0 amide bonds. The first-order valence-electron chi connectivity index (χ1n) is 4.14. The van der Waals surface area contributed by atoms with Gasteiger partial charge in [0.05, 0.1) is 12.2 Å². The first-order chi connectivity index (χ1) is 5.09. The van der Waals surface area contributed by atoms with E-state index in [0.29, 0.717) is 17.6 Å². The Bertz CT molecular complexity index is 118. The van der Waals surface area contributed by atoms with Crippen LogP contribution in [0, 0.1) is 5.41 Å². The average Bonchev–Trinajstić information content (AvgIpc) is 2.25. The van der Waals surface area contributed by atoms with Crippen LogP contribution in [0.3, 0.4) is 0 Å². The number of rotatable bonds is 2. The molecule has 1 rings (SSSR count). The zero-order valence-corrected chi connectivity index (χ0v) is 7.89. The van der Waals surface area contributed by atoms with Gasteiger partial charge in [-0.1, -0.05) is 13.8 Å². The van der Waals surface area contributed by atoms with Gasteiger partial charge in [0.2, 0.25) is 0 Å². The summed E-state index contributed by atoms with van der Waals surface area (Å²) >= 11 is 0. The first-order valence-corrected chi connectivity index (χ1v) is 4.14. The Morgan fingerprint density at radius 3 is 1.64 bits per heavy atom. The van der Waals surface area contributed by atoms with Gasteiger partial charge in [-0.15, -0.1) is 0 Å². The second-order valence-electron chi connectivity index (χ2n) is 4.12. The van der Waals surface area contributed by atoms with Gasteiger partial charge in [0.1, 0.15) is 0 Å². The fraction of sp³-hybridized carbons (Fsp3) is 1.00. The van der Waals surface area contributed by atoms with Crippen LogP contribution in [-0.2, 0) is 9.47 Å². The lowest BCUT2D eigenvalue weighted by atomic mass is 9.92. The van der Waals surface area contributed by atoms with Crippen molar-refractivity contribution in [3.8, 4) is 0 Å². The third-order valence-electron chi connectivity index (χ3n) is 2.53. The molecule has 1 aliphatic carbocycles. The van der Waals surface area contributed by atoms with Crippen LogP contribution in [0.15, 0.2) is 0 Å². The van der Waals surface area contributed by atoms with E-state index in [2.05, 4.69) is 13.8 Å². The molecule has 0 heterocycles. The molecule has 0 aromatic carbocycles. The fourth-order valence-corrected chi connectivity index (χ4v) is 1.91. The molecule has 0 spiro atoms. The molecule has 2 nitrogen and oxygen atoms in total. The first kappa shape index (κ1) is 9.01. The van der Waals surface area contributed by atoms with Crippen LogP contribution in [0.4, 0.5) is 0 Å². The number of hydrogen-bond donors (Lipinski definition) is 0. The summed E-state index contributed by atoms with van der Waals surface area (Å²) in [5.41, 5.74) is 0.390. The Morgan fingerprint density at radius 2 is 1.36 bits per heavy atom. The maximum atomic E-state index is 5.33.